The van der Waals surface area contributed by atoms with Gasteiger partial charge in [0.05, 0.1) is 6.61 Å². The van der Waals surface area contributed by atoms with Gasteiger partial charge in [-0.25, -0.2) is 9.78 Å². The summed E-state index contributed by atoms with van der Waals surface area (Å²) in [6.07, 6.45) is 0. The number of esters is 1. The second-order valence-corrected chi connectivity index (χ2v) is 2.51. The third-order valence-electron chi connectivity index (χ3n) is 0.961. The molecule has 0 aromatic carbocycles. The first-order chi connectivity index (χ1) is 5.24. The number of carbonyl (C=O) groups excluding carboxylic acids is 1. The van der Waals surface area contributed by atoms with Gasteiger partial charge >= 0.3 is 5.97 Å². The second kappa shape index (κ2) is 3.43. The molecule has 0 N–H and O–H groups in total. The van der Waals surface area contributed by atoms with Crippen LogP contribution in [0.1, 0.15) is 17.4 Å². The van der Waals surface area contributed by atoms with Crippen molar-refractivity contribution in [1.29, 1.82) is 0 Å². The molecule has 1 aromatic rings. The highest BCUT2D eigenvalue weighted by Crippen LogP contribution is 2.07. The van der Waals surface area contributed by atoms with Crippen LogP contribution in [0.3, 0.4) is 0 Å². The molecule has 3 nitrogen and oxygen atoms in total. The van der Waals surface area contributed by atoms with Gasteiger partial charge in [0.15, 0.2) is 5.69 Å². The number of aromatic nitrogens is 1. The first kappa shape index (κ1) is 8.13. The highest BCUT2D eigenvalue weighted by Gasteiger charge is 2.10. The predicted molar refractivity (Wildman–Crippen MR) is 38.0 cm³/mol. The van der Waals surface area contributed by atoms with Crippen molar-refractivity contribution in [3.63, 3.8) is 0 Å². The molecule has 1 heterocycles. The van der Waals surface area contributed by atoms with E-state index in [2.05, 4.69) is 9.72 Å². The summed E-state index contributed by atoms with van der Waals surface area (Å²) in [6, 6.07) is 0. The zero-order valence-corrected chi connectivity index (χ0v) is 6.65. The second-order valence-electron chi connectivity index (χ2n) is 1.71. The van der Waals surface area contributed by atoms with Gasteiger partial charge in [-0.2, -0.15) is 4.39 Å². The maximum Gasteiger partial charge on any atom is 0.357 e. The van der Waals surface area contributed by atoms with Gasteiger partial charge in [0.25, 0.3) is 5.26 Å². The van der Waals surface area contributed by atoms with Gasteiger partial charge in [-0.1, -0.05) is 11.3 Å². The van der Waals surface area contributed by atoms with Crippen LogP contribution in [0.15, 0.2) is 5.38 Å². The van der Waals surface area contributed by atoms with Crippen LogP contribution in [0.2, 0.25) is 0 Å². The zero-order chi connectivity index (χ0) is 8.27. The summed E-state index contributed by atoms with van der Waals surface area (Å²) in [5.41, 5.74) is 0.0364. The molecule has 0 amide bonds. The Morgan fingerprint density at radius 2 is 2.64 bits per heavy atom. The fourth-order valence-corrected chi connectivity index (χ4v) is 1.06. The van der Waals surface area contributed by atoms with Gasteiger partial charge in [0.1, 0.15) is 0 Å². The van der Waals surface area contributed by atoms with E-state index in [1.807, 2.05) is 0 Å². The molecule has 0 unspecified atom stereocenters. The molecule has 0 aliphatic carbocycles. The van der Waals surface area contributed by atoms with E-state index in [-0.39, 0.29) is 12.3 Å². The molecule has 0 aliphatic rings. The van der Waals surface area contributed by atoms with Crippen molar-refractivity contribution in [2.75, 3.05) is 6.61 Å². The highest BCUT2D eigenvalue weighted by atomic mass is 32.1. The van der Waals surface area contributed by atoms with E-state index in [1.165, 1.54) is 5.38 Å². The first-order valence-electron chi connectivity index (χ1n) is 3.02. The van der Waals surface area contributed by atoms with Crippen LogP contribution in [0.4, 0.5) is 4.39 Å². The lowest BCUT2D eigenvalue weighted by atomic mass is 10.5. The lowest BCUT2D eigenvalue weighted by Crippen LogP contribution is -2.04. The van der Waals surface area contributed by atoms with Crippen LogP contribution in [-0.2, 0) is 4.74 Å². The molecule has 60 valence electrons. The Morgan fingerprint density at radius 1 is 1.91 bits per heavy atom. The summed E-state index contributed by atoms with van der Waals surface area (Å²) < 4.78 is 16.8. The molecular weight excluding hydrogens is 169 g/mol. The van der Waals surface area contributed by atoms with Crippen LogP contribution in [0.5, 0.6) is 0 Å². The number of carbonyl (C=O) groups is 1. The molecule has 0 radical (unpaired) electrons. The van der Waals surface area contributed by atoms with Crippen LogP contribution in [-0.4, -0.2) is 17.6 Å². The Hall–Kier alpha value is -0.970. The van der Waals surface area contributed by atoms with E-state index >= 15 is 0 Å². The van der Waals surface area contributed by atoms with Gasteiger partial charge < -0.3 is 4.74 Å². The monoisotopic (exact) mass is 175 g/mol. The van der Waals surface area contributed by atoms with E-state index in [0.717, 1.165) is 11.3 Å². The van der Waals surface area contributed by atoms with E-state index < -0.39 is 11.2 Å². The Kier molecular flexibility index (Phi) is 2.53. The van der Waals surface area contributed by atoms with E-state index in [4.69, 9.17) is 0 Å². The highest BCUT2D eigenvalue weighted by molar-refractivity contribution is 7.08. The molecule has 5 heteroatoms. The summed E-state index contributed by atoms with van der Waals surface area (Å²) >= 11 is 0.780. The fourth-order valence-electron chi connectivity index (χ4n) is 0.551. The van der Waals surface area contributed by atoms with Crippen LogP contribution in [0.25, 0.3) is 0 Å². The first-order valence-corrected chi connectivity index (χ1v) is 3.90. The number of ether oxygens (including phenoxy) is 1. The molecule has 1 rings (SSSR count). The molecule has 0 aliphatic heterocycles. The smallest absolute Gasteiger partial charge is 0.357 e. The number of rotatable bonds is 2. The molecular formula is C6H6FNO2S. The largest absolute Gasteiger partial charge is 0.461 e. The molecule has 0 atom stereocenters. The number of hydrogen-bond donors (Lipinski definition) is 0. The SMILES string of the molecule is CCOC(=O)c1csc(F)n1. The van der Waals surface area contributed by atoms with Gasteiger partial charge in [-0.15, -0.1) is 0 Å². The molecule has 0 spiro atoms. The summed E-state index contributed by atoms with van der Waals surface area (Å²) in [7, 11) is 0. The molecule has 0 bridgehead atoms. The van der Waals surface area contributed by atoms with Crippen LogP contribution in [0, 0.1) is 5.26 Å². The minimum Gasteiger partial charge on any atom is -0.461 e. The average Bonchev–Trinajstić information content (AvgIpc) is 2.36. The summed E-state index contributed by atoms with van der Waals surface area (Å²) in [6.45, 7) is 1.96. The zero-order valence-electron chi connectivity index (χ0n) is 5.83. The van der Waals surface area contributed by atoms with Crippen molar-refractivity contribution in [3.8, 4) is 0 Å². The minimum atomic E-state index is -0.618. The Morgan fingerprint density at radius 3 is 3.09 bits per heavy atom. The van der Waals surface area contributed by atoms with E-state index in [9.17, 15) is 9.18 Å². The van der Waals surface area contributed by atoms with Gasteiger partial charge in [-0.05, 0) is 6.92 Å². The standard InChI is InChI=1S/C6H6FNO2S/c1-2-10-5(9)4-3-11-6(7)8-4/h3H,2H2,1H3. The van der Waals surface area contributed by atoms with Gasteiger partial charge in [0.2, 0.25) is 0 Å². The maximum atomic E-state index is 12.2. The Bertz CT molecular complexity index is 261. The number of nitrogens with zero attached hydrogens (tertiary/aromatic N) is 1. The van der Waals surface area contributed by atoms with Gasteiger partial charge in [0, 0.05) is 5.38 Å². The molecule has 1 aromatic heterocycles. The molecule has 0 saturated carbocycles. The van der Waals surface area contributed by atoms with Crippen molar-refractivity contribution in [2.45, 2.75) is 6.92 Å². The topological polar surface area (TPSA) is 39.2 Å². The Balaban J connectivity index is 2.69. The Labute approximate surface area is 66.8 Å². The summed E-state index contributed by atoms with van der Waals surface area (Å²) in [5, 5.41) is 0.709. The molecule has 0 fully saturated rings. The lowest BCUT2D eigenvalue weighted by Gasteiger charge is -1.94. The van der Waals surface area contributed by atoms with Crippen LogP contribution < -0.4 is 0 Å². The van der Waals surface area contributed by atoms with Crippen molar-refractivity contribution in [3.05, 3.63) is 16.3 Å². The van der Waals surface area contributed by atoms with Gasteiger partial charge in [-0.3, -0.25) is 0 Å². The minimum absolute atomic E-state index is 0.0364. The van der Waals surface area contributed by atoms with E-state index in [0.29, 0.717) is 0 Å². The number of thiazole rings is 1. The van der Waals surface area contributed by atoms with Crippen molar-refractivity contribution in [2.24, 2.45) is 0 Å². The fraction of sp³-hybridized carbons (Fsp3) is 0.333. The van der Waals surface area contributed by atoms with Crippen LogP contribution >= 0.6 is 11.3 Å². The molecule has 0 saturated heterocycles. The normalized spacial score (nSPS) is 9.64. The maximum absolute atomic E-state index is 12.2. The molecule has 11 heavy (non-hydrogen) atoms. The average molecular weight is 175 g/mol. The lowest BCUT2D eigenvalue weighted by molar-refractivity contribution is 0.0519. The number of halogens is 1. The summed E-state index contributed by atoms with van der Waals surface area (Å²) in [4.78, 5) is 14.1. The third kappa shape index (κ3) is 1.98. The summed E-state index contributed by atoms with van der Waals surface area (Å²) in [5.74, 6) is -0.576. The van der Waals surface area contributed by atoms with Crippen molar-refractivity contribution in [1.82, 2.24) is 4.98 Å². The van der Waals surface area contributed by atoms with Crippen molar-refractivity contribution >= 4 is 17.3 Å². The third-order valence-corrected chi connectivity index (χ3v) is 1.59. The van der Waals surface area contributed by atoms with Crippen molar-refractivity contribution < 1.29 is 13.9 Å². The predicted octanol–water partition coefficient (Wildman–Crippen LogP) is 1.46. The van der Waals surface area contributed by atoms with E-state index in [1.54, 1.807) is 6.92 Å². The number of hydrogen-bond acceptors (Lipinski definition) is 4. The quantitative estimate of drug-likeness (QED) is 0.639.